The van der Waals surface area contributed by atoms with Gasteiger partial charge in [0.1, 0.15) is 6.54 Å². The number of nitrogens with one attached hydrogen (secondary N) is 1. The average molecular weight is 417 g/mol. The molecule has 0 bridgehead atoms. The van der Waals surface area contributed by atoms with Crippen molar-refractivity contribution in [1.29, 1.82) is 0 Å². The number of hydrogen-bond donors (Lipinski definition) is 1. The Kier molecular flexibility index (Phi) is 5.21. The highest BCUT2D eigenvalue weighted by atomic mass is 32.2. The summed E-state index contributed by atoms with van der Waals surface area (Å²) in [7, 11) is 0. The Morgan fingerprint density at radius 1 is 1.32 bits per heavy atom. The normalized spacial score (nSPS) is 25.6. The number of hydrogen-bond acceptors (Lipinski definition) is 4. The van der Waals surface area contributed by atoms with Crippen molar-refractivity contribution in [3.05, 3.63) is 44.4 Å². The fourth-order valence-electron chi connectivity index (χ4n) is 4.78. The summed E-state index contributed by atoms with van der Waals surface area (Å²) < 4.78 is 1.78. The van der Waals surface area contributed by atoms with Crippen molar-refractivity contribution < 1.29 is 4.79 Å². The summed E-state index contributed by atoms with van der Waals surface area (Å²) in [4.78, 5) is 26.7. The second-order valence-electron chi connectivity index (χ2n) is 8.88. The standard InChI is InChI=1S/C22H28N2O2S2/c1-13-6-5-7-15(10-13)23-18(25)12-24-20-19(27-21(24)26)16-11-14(2)8-9-17(16)22(3,4)28-20/h5-7,10,14,16-17H,8-9,11-12H2,1-4H3,(H,23,25)/t14-,16-,17+/m1/s1. The molecule has 1 N–H and O–H groups in total. The number of thioether (sulfide) groups is 1. The molecular formula is C22H28N2O2S2. The van der Waals surface area contributed by atoms with Crippen LogP contribution in [0.15, 0.2) is 34.1 Å². The lowest BCUT2D eigenvalue weighted by molar-refractivity contribution is -0.116. The van der Waals surface area contributed by atoms with E-state index in [-0.39, 0.29) is 22.1 Å². The number of thiazole rings is 1. The van der Waals surface area contributed by atoms with Gasteiger partial charge in [0, 0.05) is 21.2 Å². The van der Waals surface area contributed by atoms with Gasteiger partial charge in [-0.25, -0.2) is 0 Å². The maximum Gasteiger partial charge on any atom is 0.308 e. The van der Waals surface area contributed by atoms with E-state index in [1.165, 1.54) is 29.1 Å². The number of anilines is 1. The molecule has 2 aliphatic rings. The van der Waals surface area contributed by atoms with Crippen LogP contribution < -0.4 is 10.2 Å². The molecule has 0 unspecified atom stereocenters. The van der Waals surface area contributed by atoms with E-state index in [1.807, 2.05) is 31.2 Å². The molecule has 1 saturated carbocycles. The monoisotopic (exact) mass is 416 g/mol. The largest absolute Gasteiger partial charge is 0.325 e. The molecule has 1 aromatic carbocycles. The fraction of sp³-hybridized carbons (Fsp3) is 0.545. The van der Waals surface area contributed by atoms with Crippen molar-refractivity contribution in [1.82, 2.24) is 4.57 Å². The van der Waals surface area contributed by atoms with Crippen LogP contribution in [-0.4, -0.2) is 15.2 Å². The van der Waals surface area contributed by atoms with Crippen LogP contribution in [0.1, 0.15) is 56.4 Å². The third kappa shape index (κ3) is 3.69. The molecule has 4 nitrogen and oxygen atoms in total. The summed E-state index contributed by atoms with van der Waals surface area (Å²) >= 11 is 3.16. The van der Waals surface area contributed by atoms with E-state index in [4.69, 9.17) is 0 Å². The Labute approximate surface area is 174 Å². The van der Waals surface area contributed by atoms with Crippen LogP contribution in [0.2, 0.25) is 0 Å². The smallest absolute Gasteiger partial charge is 0.308 e. The first-order valence-electron chi connectivity index (χ1n) is 10.0. The molecule has 150 valence electrons. The van der Waals surface area contributed by atoms with E-state index >= 15 is 0 Å². The van der Waals surface area contributed by atoms with Crippen molar-refractivity contribution in [2.45, 2.75) is 69.2 Å². The van der Waals surface area contributed by atoms with E-state index in [0.29, 0.717) is 17.8 Å². The molecule has 1 aromatic heterocycles. The van der Waals surface area contributed by atoms with Gasteiger partial charge in [0.2, 0.25) is 5.91 Å². The third-order valence-electron chi connectivity index (χ3n) is 6.18. The van der Waals surface area contributed by atoms with Gasteiger partial charge in [-0.1, -0.05) is 50.7 Å². The maximum atomic E-state index is 12.8. The van der Waals surface area contributed by atoms with Crippen molar-refractivity contribution in [3.63, 3.8) is 0 Å². The van der Waals surface area contributed by atoms with Gasteiger partial charge in [0.05, 0.1) is 5.03 Å². The molecular weight excluding hydrogens is 388 g/mol. The highest BCUT2D eigenvalue weighted by Crippen LogP contribution is 2.58. The van der Waals surface area contributed by atoms with Gasteiger partial charge in [-0.2, -0.15) is 0 Å². The highest BCUT2D eigenvalue weighted by Gasteiger charge is 2.47. The van der Waals surface area contributed by atoms with E-state index < -0.39 is 0 Å². The molecule has 0 spiro atoms. The first-order chi connectivity index (χ1) is 13.2. The minimum absolute atomic E-state index is 0.00781. The van der Waals surface area contributed by atoms with Crippen LogP contribution in [0.5, 0.6) is 0 Å². The molecule has 0 saturated heterocycles. The fourth-order valence-corrected chi connectivity index (χ4v) is 7.59. The zero-order chi connectivity index (χ0) is 20.1. The first-order valence-corrected chi connectivity index (χ1v) is 11.7. The van der Waals surface area contributed by atoms with Crippen LogP contribution in [0.3, 0.4) is 0 Å². The molecule has 1 aliphatic carbocycles. The van der Waals surface area contributed by atoms with Gasteiger partial charge in [-0.15, -0.1) is 11.8 Å². The van der Waals surface area contributed by atoms with Gasteiger partial charge in [0.25, 0.3) is 0 Å². The van der Waals surface area contributed by atoms with Crippen LogP contribution in [-0.2, 0) is 11.3 Å². The number of aromatic nitrogens is 1. The number of carbonyl (C=O) groups excluding carboxylic acids is 1. The number of nitrogens with zero attached hydrogens (tertiary/aromatic N) is 1. The highest BCUT2D eigenvalue weighted by molar-refractivity contribution is 8.00. The van der Waals surface area contributed by atoms with Gasteiger partial charge >= 0.3 is 4.87 Å². The van der Waals surface area contributed by atoms with E-state index in [0.717, 1.165) is 22.7 Å². The number of amides is 1. The molecule has 0 radical (unpaired) electrons. The summed E-state index contributed by atoms with van der Waals surface area (Å²) in [6, 6.07) is 7.74. The lowest BCUT2D eigenvalue weighted by Gasteiger charge is -2.47. The Morgan fingerprint density at radius 3 is 2.86 bits per heavy atom. The molecule has 6 heteroatoms. The van der Waals surface area contributed by atoms with E-state index in [2.05, 4.69) is 26.1 Å². The summed E-state index contributed by atoms with van der Waals surface area (Å²) in [6.45, 7) is 8.99. The Hall–Kier alpha value is -1.53. The number of benzene rings is 1. The van der Waals surface area contributed by atoms with Crippen LogP contribution >= 0.6 is 23.1 Å². The summed E-state index contributed by atoms with van der Waals surface area (Å²) in [5.41, 5.74) is 1.87. The summed E-state index contributed by atoms with van der Waals surface area (Å²) in [6.07, 6.45) is 3.65. The second-order valence-corrected chi connectivity index (χ2v) is 11.5. The lowest BCUT2D eigenvalue weighted by atomic mass is 9.69. The Bertz CT molecular complexity index is 960. The first kappa shape index (κ1) is 19.8. The predicted octanol–water partition coefficient (Wildman–Crippen LogP) is 5.26. The number of fused-ring (bicyclic) bond motifs is 3. The maximum absolute atomic E-state index is 12.8. The van der Waals surface area contributed by atoms with Crippen molar-refractivity contribution in [3.8, 4) is 0 Å². The minimum Gasteiger partial charge on any atom is -0.325 e. The van der Waals surface area contributed by atoms with Gasteiger partial charge in [-0.3, -0.25) is 14.2 Å². The number of rotatable bonds is 3. The average Bonchev–Trinajstić information content (AvgIpc) is 2.90. The van der Waals surface area contributed by atoms with Crippen molar-refractivity contribution >= 4 is 34.7 Å². The zero-order valence-electron chi connectivity index (χ0n) is 17.0. The summed E-state index contributed by atoms with van der Waals surface area (Å²) in [5.74, 6) is 1.61. The lowest BCUT2D eigenvalue weighted by Crippen LogP contribution is -2.39. The SMILES string of the molecule is Cc1cccc(NC(=O)Cn2c3c(sc2=O)[C@@H]2C[C@H](C)CC[C@@H]2C(C)(C)S3)c1. The van der Waals surface area contributed by atoms with Gasteiger partial charge < -0.3 is 5.32 Å². The molecule has 28 heavy (non-hydrogen) atoms. The topological polar surface area (TPSA) is 51.1 Å². The van der Waals surface area contributed by atoms with Crippen LogP contribution in [0, 0.1) is 18.8 Å². The zero-order valence-corrected chi connectivity index (χ0v) is 18.6. The minimum atomic E-state index is -0.147. The van der Waals surface area contributed by atoms with Gasteiger partial charge in [0.15, 0.2) is 0 Å². The third-order valence-corrected chi connectivity index (χ3v) is 8.88. The Morgan fingerprint density at radius 2 is 2.11 bits per heavy atom. The quantitative estimate of drug-likeness (QED) is 0.742. The van der Waals surface area contributed by atoms with Crippen LogP contribution in [0.4, 0.5) is 5.69 Å². The van der Waals surface area contributed by atoms with Crippen molar-refractivity contribution in [2.75, 3.05) is 5.32 Å². The van der Waals surface area contributed by atoms with Crippen LogP contribution in [0.25, 0.3) is 0 Å². The summed E-state index contributed by atoms with van der Waals surface area (Å²) in [5, 5.41) is 3.96. The molecule has 1 amide bonds. The molecule has 1 aliphatic heterocycles. The van der Waals surface area contributed by atoms with Gasteiger partial charge in [-0.05, 0) is 49.3 Å². The molecule has 2 aromatic rings. The molecule has 1 fully saturated rings. The predicted molar refractivity (Wildman–Crippen MR) is 118 cm³/mol. The van der Waals surface area contributed by atoms with E-state index in [1.54, 1.807) is 16.3 Å². The Balaban J connectivity index is 1.62. The number of aryl methyl sites for hydroxylation is 1. The second kappa shape index (κ2) is 7.38. The molecule has 4 rings (SSSR count). The van der Waals surface area contributed by atoms with E-state index in [9.17, 15) is 9.59 Å². The molecule has 3 atom stereocenters. The number of carbonyl (C=O) groups is 1. The molecule has 2 heterocycles. The van der Waals surface area contributed by atoms with Crippen molar-refractivity contribution in [2.24, 2.45) is 11.8 Å².